The van der Waals surface area contributed by atoms with Gasteiger partial charge in [0.2, 0.25) is 0 Å². The summed E-state index contributed by atoms with van der Waals surface area (Å²) < 4.78 is 6.39. The minimum atomic E-state index is -0.0977. The van der Waals surface area contributed by atoms with Gasteiger partial charge >= 0.3 is 0 Å². The van der Waals surface area contributed by atoms with Gasteiger partial charge in [-0.25, -0.2) is 4.98 Å². The van der Waals surface area contributed by atoms with Crippen molar-refractivity contribution in [3.8, 4) is 0 Å². The Morgan fingerprint density at radius 3 is 3.27 bits per heavy atom. The van der Waals surface area contributed by atoms with Gasteiger partial charge in [0, 0.05) is 23.8 Å². The molecule has 1 aliphatic rings. The number of nitrogens with zero attached hydrogens (tertiary/aromatic N) is 2. The molecule has 2 rings (SSSR count). The topological polar surface area (TPSA) is 45.6 Å². The third-order valence-corrected chi connectivity index (χ3v) is 2.87. The molecule has 1 aromatic heterocycles. The third-order valence-electron chi connectivity index (χ3n) is 2.37. The highest BCUT2D eigenvalue weighted by atomic mass is 79.9. The molecule has 1 N–H and O–H groups in total. The second-order valence-corrected chi connectivity index (χ2v) is 4.37. The van der Waals surface area contributed by atoms with Crippen LogP contribution in [0.1, 0.15) is 0 Å². The number of aliphatic hydroxyl groups excluding tert-OH is 1. The van der Waals surface area contributed by atoms with Crippen molar-refractivity contribution in [2.45, 2.75) is 6.10 Å². The zero-order valence-corrected chi connectivity index (χ0v) is 9.85. The Morgan fingerprint density at radius 2 is 2.53 bits per heavy atom. The van der Waals surface area contributed by atoms with Crippen LogP contribution >= 0.6 is 15.9 Å². The average molecular weight is 273 g/mol. The van der Waals surface area contributed by atoms with Crippen LogP contribution in [0.2, 0.25) is 0 Å². The minimum Gasteiger partial charge on any atom is -0.394 e. The molecule has 82 valence electrons. The Bertz CT molecular complexity index is 335. The zero-order valence-electron chi connectivity index (χ0n) is 8.27. The molecule has 1 saturated heterocycles. The van der Waals surface area contributed by atoms with Crippen LogP contribution in [-0.2, 0) is 4.74 Å². The Morgan fingerprint density at radius 1 is 1.67 bits per heavy atom. The lowest BCUT2D eigenvalue weighted by atomic mass is 10.3. The van der Waals surface area contributed by atoms with Crippen LogP contribution in [0.15, 0.2) is 22.8 Å². The summed E-state index contributed by atoms with van der Waals surface area (Å²) in [6.07, 6.45) is 1.67. The van der Waals surface area contributed by atoms with E-state index in [4.69, 9.17) is 9.84 Å². The van der Waals surface area contributed by atoms with Crippen LogP contribution < -0.4 is 4.90 Å². The molecule has 0 bridgehead atoms. The lowest BCUT2D eigenvalue weighted by Crippen LogP contribution is -2.44. The van der Waals surface area contributed by atoms with Gasteiger partial charge in [-0.05, 0) is 12.1 Å². The van der Waals surface area contributed by atoms with Crippen LogP contribution in [0.25, 0.3) is 0 Å². The number of hydrogen-bond acceptors (Lipinski definition) is 4. The highest BCUT2D eigenvalue weighted by molar-refractivity contribution is 9.10. The number of rotatable bonds is 2. The summed E-state index contributed by atoms with van der Waals surface area (Å²) in [5.41, 5.74) is 0. The molecule has 0 saturated carbocycles. The monoisotopic (exact) mass is 272 g/mol. The summed E-state index contributed by atoms with van der Waals surface area (Å²) in [4.78, 5) is 6.41. The molecule has 0 amide bonds. The SMILES string of the molecule is OCC1CN(c2cc(Br)ccn2)CCO1. The molecule has 15 heavy (non-hydrogen) atoms. The molecule has 2 heterocycles. The summed E-state index contributed by atoms with van der Waals surface area (Å²) >= 11 is 3.41. The van der Waals surface area contributed by atoms with Crippen molar-refractivity contribution in [3.05, 3.63) is 22.8 Å². The van der Waals surface area contributed by atoms with Gasteiger partial charge in [0.05, 0.1) is 19.3 Å². The molecule has 0 spiro atoms. The van der Waals surface area contributed by atoms with Crippen LogP contribution in [-0.4, -0.2) is 42.5 Å². The third kappa shape index (κ3) is 2.68. The first-order chi connectivity index (χ1) is 7.29. The first-order valence-electron chi connectivity index (χ1n) is 4.88. The Kier molecular flexibility index (Phi) is 3.56. The van der Waals surface area contributed by atoms with E-state index in [2.05, 4.69) is 25.8 Å². The van der Waals surface area contributed by atoms with E-state index in [-0.39, 0.29) is 12.7 Å². The molecule has 0 aromatic carbocycles. The van der Waals surface area contributed by atoms with Crippen LogP contribution in [0.5, 0.6) is 0 Å². The largest absolute Gasteiger partial charge is 0.394 e. The molecule has 1 atom stereocenters. The normalized spacial score (nSPS) is 21.7. The van der Waals surface area contributed by atoms with Gasteiger partial charge in [-0.1, -0.05) is 15.9 Å². The Balaban J connectivity index is 2.09. The van der Waals surface area contributed by atoms with Crippen LogP contribution in [0.4, 0.5) is 5.82 Å². The van der Waals surface area contributed by atoms with E-state index in [0.717, 1.165) is 16.8 Å². The summed E-state index contributed by atoms with van der Waals surface area (Å²) in [5.74, 6) is 0.922. The van der Waals surface area contributed by atoms with Gasteiger partial charge in [0.25, 0.3) is 0 Å². The number of aromatic nitrogens is 1. The number of aliphatic hydroxyl groups is 1. The Labute approximate surface area is 97.0 Å². The summed E-state index contributed by atoms with van der Waals surface area (Å²) in [7, 11) is 0. The van der Waals surface area contributed by atoms with E-state index in [1.165, 1.54) is 0 Å². The van der Waals surface area contributed by atoms with Crippen molar-refractivity contribution < 1.29 is 9.84 Å². The summed E-state index contributed by atoms with van der Waals surface area (Å²) in [6, 6.07) is 3.87. The standard InChI is InChI=1S/C10H13BrN2O2/c11-8-1-2-12-10(5-8)13-3-4-15-9(6-13)7-14/h1-2,5,9,14H,3-4,6-7H2. The minimum absolute atomic E-state index is 0.0600. The zero-order chi connectivity index (χ0) is 10.7. The van der Waals surface area contributed by atoms with Gasteiger partial charge in [0.15, 0.2) is 0 Å². The quantitative estimate of drug-likeness (QED) is 0.874. The average Bonchev–Trinajstić information content (AvgIpc) is 2.29. The first kappa shape index (κ1) is 10.9. The molecule has 1 aliphatic heterocycles. The molecule has 5 heteroatoms. The van der Waals surface area contributed by atoms with Crippen molar-refractivity contribution >= 4 is 21.7 Å². The van der Waals surface area contributed by atoms with Gasteiger partial charge in [-0.2, -0.15) is 0 Å². The van der Waals surface area contributed by atoms with E-state index in [0.29, 0.717) is 13.2 Å². The molecule has 4 nitrogen and oxygen atoms in total. The number of pyridine rings is 1. The molecular weight excluding hydrogens is 260 g/mol. The lowest BCUT2D eigenvalue weighted by Gasteiger charge is -2.32. The molecule has 0 radical (unpaired) electrons. The highest BCUT2D eigenvalue weighted by Crippen LogP contribution is 2.19. The van der Waals surface area contributed by atoms with Crippen molar-refractivity contribution in [1.82, 2.24) is 4.98 Å². The number of ether oxygens (including phenoxy) is 1. The summed E-state index contributed by atoms with van der Waals surface area (Å²) in [6.45, 7) is 2.21. The molecule has 1 fully saturated rings. The van der Waals surface area contributed by atoms with Gasteiger partial charge in [0.1, 0.15) is 5.82 Å². The van der Waals surface area contributed by atoms with Gasteiger partial charge in [-0.3, -0.25) is 0 Å². The predicted octanol–water partition coefficient (Wildman–Crippen LogP) is 1.04. The lowest BCUT2D eigenvalue weighted by molar-refractivity contribution is 0.00336. The van der Waals surface area contributed by atoms with E-state index in [1.807, 2.05) is 12.1 Å². The van der Waals surface area contributed by atoms with E-state index in [9.17, 15) is 0 Å². The first-order valence-corrected chi connectivity index (χ1v) is 5.68. The van der Waals surface area contributed by atoms with Gasteiger partial charge in [-0.15, -0.1) is 0 Å². The predicted molar refractivity (Wildman–Crippen MR) is 61.0 cm³/mol. The maximum absolute atomic E-state index is 9.03. The smallest absolute Gasteiger partial charge is 0.129 e. The molecule has 0 aliphatic carbocycles. The second-order valence-electron chi connectivity index (χ2n) is 3.45. The maximum atomic E-state index is 9.03. The fourth-order valence-electron chi connectivity index (χ4n) is 1.60. The second kappa shape index (κ2) is 4.92. The fourth-order valence-corrected chi connectivity index (χ4v) is 1.93. The Hall–Kier alpha value is -0.650. The fraction of sp³-hybridized carbons (Fsp3) is 0.500. The number of morpholine rings is 1. The van der Waals surface area contributed by atoms with Crippen molar-refractivity contribution in [2.24, 2.45) is 0 Å². The molecule has 1 unspecified atom stereocenters. The van der Waals surface area contributed by atoms with Crippen molar-refractivity contribution in [1.29, 1.82) is 0 Å². The molecular formula is C10H13BrN2O2. The summed E-state index contributed by atoms with van der Waals surface area (Å²) in [5, 5.41) is 9.03. The number of anilines is 1. The highest BCUT2D eigenvalue weighted by Gasteiger charge is 2.20. The van der Waals surface area contributed by atoms with E-state index < -0.39 is 0 Å². The molecule has 1 aromatic rings. The van der Waals surface area contributed by atoms with Crippen molar-refractivity contribution in [2.75, 3.05) is 31.2 Å². The van der Waals surface area contributed by atoms with E-state index in [1.54, 1.807) is 6.20 Å². The van der Waals surface area contributed by atoms with Crippen molar-refractivity contribution in [3.63, 3.8) is 0 Å². The van der Waals surface area contributed by atoms with Gasteiger partial charge < -0.3 is 14.7 Å². The number of halogens is 1. The van der Waals surface area contributed by atoms with Crippen LogP contribution in [0.3, 0.4) is 0 Å². The van der Waals surface area contributed by atoms with Crippen LogP contribution in [0, 0.1) is 0 Å². The maximum Gasteiger partial charge on any atom is 0.129 e. The van der Waals surface area contributed by atoms with E-state index >= 15 is 0 Å². The number of hydrogen-bond donors (Lipinski definition) is 1.